The third-order valence-electron chi connectivity index (χ3n) is 13.0. The molecule has 0 unspecified atom stereocenters. The maximum Gasteiger partial charge on any atom is 0.0814 e. The molecule has 3 rings (SSSR count). The number of nitrogens with zero attached hydrogens (tertiary/aromatic N) is 1. The van der Waals surface area contributed by atoms with Gasteiger partial charge in [0, 0.05) is 0 Å². The van der Waals surface area contributed by atoms with Crippen molar-refractivity contribution >= 4 is 22.5 Å². The van der Waals surface area contributed by atoms with Gasteiger partial charge in [0.2, 0.25) is 0 Å². The lowest BCUT2D eigenvalue weighted by Crippen LogP contribution is -2.66. The molecular weight excluding hydrogens is 673 g/mol. The molecule has 1 nitrogen and oxygen atoms in total. The highest BCUT2D eigenvalue weighted by Gasteiger charge is 2.29. The fourth-order valence-electron chi connectivity index (χ4n) is 9.51. The lowest BCUT2D eigenvalue weighted by molar-refractivity contribution is -0.929. The van der Waals surface area contributed by atoms with Crippen molar-refractivity contribution in [3.8, 4) is 0 Å². The summed E-state index contributed by atoms with van der Waals surface area (Å²) in [5.74, 6) is 0. The Hall–Kier alpha value is -2.32. The van der Waals surface area contributed by atoms with Gasteiger partial charge in [-0.25, -0.2) is 0 Å². The molecule has 0 radical (unpaired) electrons. The summed E-state index contributed by atoms with van der Waals surface area (Å²) in [5, 5.41) is 0. The molecule has 316 valence electrons. The van der Waals surface area contributed by atoms with Gasteiger partial charge in [0.25, 0.3) is 0 Å². The van der Waals surface area contributed by atoms with Crippen molar-refractivity contribution in [1.82, 2.24) is 0 Å². The van der Waals surface area contributed by atoms with Crippen molar-refractivity contribution in [2.75, 3.05) is 26.2 Å². The first-order valence-electron chi connectivity index (χ1n) is 24.8. The van der Waals surface area contributed by atoms with Crippen LogP contribution in [0.4, 0.5) is 0 Å². The molecular formula is C54H92BN. The smallest absolute Gasteiger partial charge is 0.0814 e. The zero-order valence-electron chi connectivity index (χ0n) is 38.1. The van der Waals surface area contributed by atoms with Crippen LogP contribution in [0.3, 0.4) is 0 Å². The largest absolute Gasteiger partial charge is 0.324 e. The summed E-state index contributed by atoms with van der Waals surface area (Å²) in [6, 6.07) is 33.2. The minimum absolute atomic E-state index is 0.913. The third-order valence-corrected chi connectivity index (χ3v) is 13.0. The topological polar surface area (TPSA) is 0 Å². The second-order valence-electron chi connectivity index (χ2n) is 17.7. The van der Waals surface area contributed by atoms with E-state index >= 15 is 0 Å². The Morgan fingerprint density at radius 2 is 0.518 bits per heavy atom. The number of quaternary nitrogens is 1. The van der Waals surface area contributed by atoms with Crippen molar-refractivity contribution < 1.29 is 4.48 Å². The molecule has 3 aromatic carbocycles. The Balaban J connectivity index is 0.000000408. The van der Waals surface area contributed by atoms with E-state index in [0.717, 1.165) is 0 Å². The van der Waals surface area contributed by atoms with Gasteiger partial charge < -0.3 is 4.48 Å². The Morgan fingerprint density at radius 3 is 0.768 bits per heavy atom. The van der Waals surface area contributed by atoms with Gasteiger partial charge in [-0.05, 0) is 51.4 Å². The van der Waals surface area contributed by atoms with Gasteiger partial charge in [-0.15, -0.1) is 0 Å². The average Bonchev–Trinajstić information content (AvgIpc) is 3.24. The predicted molar refractivity (Wildman–Crippen MR) is 257 cm³/mol. The summed E-state index contributed by atoms with van der Waals surface area (Å²) in [5.41, 5.74) is 4.33. The van der Waals surface area contributed by atoms with Gasteiger partial charge in [-0.1, -0.05) is 241 Å². The maximum atomic E-state index is 2.34. The molecule has 0 bridgehead atoms. The molecule has 0 aliphatic carbocycles. The number of benzene rings is 3. The Bertz CT molecular complexity index is 1080. The molecule has 0 saturated carbocycles. The molecule has 3 aromatic rings. The summed E-state index contributed by atoms with van der Waals surface area (Å²) >= 11 is 0. The molecule has 0 aromatic heterocycles. The molecule has 0 atom stereocenters. The van der Waals surface area contributed by atoms with Gasteiger partial charge >= 0.3 is 0 Å². The molecule has 0 aliphatic rings. The normalized spacial score (nSPS) is 11.7. The van der Waals surface area contributed by atoms with Crippen LogP contribution in [0.5, 0.6) is 0 Å². The van der Waals surface area contributed by atoms with Crippen molar-refractivity contribution in [2.45, 2.75) is 208 Å². The fourth-order valence-corrected chi connectivity index (χ4v) is 9.51. The number of hydrogen-bond acceptors (Lipinski definition) is 0. The molecule has 2 heteroatoms. The van der Waals surface area contributed by atoms with Crippen LogP contribution in [-0.2, 0) is 0 Å². The van der Waals surface area contributed by atoms with Crippen LogP contribution in [0.1, 0.15) is 202 Å². The molecule has 0 saturated heterocycles. The average molecular weight is 766 g/mol. The van der Waals surface area contributed by atoms with Crippen LogP contribution >= 0.6 is 0 Å². The first-order chi connectivity index (χ1) is 27.6. The molecule has 0 N–H and O–H groups in total. The van der Waals surface area contributed by atoms with E-state index in [-0.39, 0.29) is 0 Å². The van der Waals surface area contributed by atoms with E-state index in [1.807, 2.05) is 0 Å². The summed E-state index contributed by atoms with van der Waals surface area (Å²) in [6.45, 7) is 17.5. The van der Waals surface area contributed by atoms with Gasteiger partial charge in [0.05, 0.1) is 32.3 Å². The van der Waals surface area contributed by atoms with E-state index in [2.05, 4.69) is 126 Å². The lowest BCUT2D eigenvalue weighted by Gasteiger charge is -2.43. The van der Waals surface area contributed by atoms with E-state index in [4.69, 9.17) is 0 Å². The van der Waals surface area contributed by atoms with Gasteiger partial charge in [-0.2, -0.15) is 22.7 Å². The fraction of sp³-hybridized carbons (Fsp3) is 0.667. The minimum atomic E-state index is -0.913. The zero-order valence-corrected chi connectivity index (χ0v) is 38.1. The first-order valence-corrected chi connectivity index (χ1v) is 24.8. The predicted octanol–water partition coefficient (Wildman–Crippen LogP) is 15.2. The van der Waals surface area contributed by atoms with Crippen LogP contribution < -0.4 is 16.4 Å². The van der Waals surface area contributed by atoms with E-state index in [9.17, 15) is 0 Å². The zero-order chi connectivity index (χ0) is 40.3. The van der Waals surface area contributed by atoms with Crippen molar-refractivity contribution in [2.24, 2.45) is 0 Å². The molecule has 0 fully saturated rings. The quantitative estimate of drug-likeness (QED) is 0.0323. The number of hydrogen-bond donors (Lipinski definition) is 0. The van der Waals surface area contributed by atoms with Crippen molar-refractivity contribution in [3.05, 3.63) is 91.0 Å². The first kappa shape index (κ1) is 49.8. The Morgan fingerprint density at radius 1 is 0.286 bits per heavy atom. The second kappa shape index (κ2) is 33.6. The highest BCUT2D eigenvalue weighted by Crippen LogP contribution is 2.21. The van der Waals surface area contributed by atoms with E-state index in [0.29, 0.717) is 0 Å². The molecule has 0 amide bonds. The highest BCUT2D eigenvalue weighted by atomic mass is 15.3. The standard InChI is InChI=1S/C32H68N.C22H24B/c1-5-9-13-17-21-25-29-33(30-26-22-18-14-10-6-2,31-27-23-19-15-11-7-3)32-28-24-20-16-12-8-4;1-2-3-19-23(20-13-7-4-8-14-20,21-15-9-5-10-16-21)22-17-11-6-12-18-22/h5-32H2,1-4H3;4-18H,2-3,19H2,1H3/q+1;-1. The van der Waals surface area contributed by atoms with Crippen LogP contribution in [0, 0.1) is 0 Å². The minimum Gasteiger partial charge on any atom is -0.324 e. The van der Waals surface area contributed by atoms with E-state index in [1.165, 1.54) is 220 Å². The van der Waals surface area contributed by atoms with Gasteiger partial charge in [0.15, 0.2) is 0 Å². The summed E-state index contributed by atoms with van der Waals surface area (Å²) in [7, 11) is 0. The maximum absolute atomic E-state index is 2.34. The lowest BCUT2D eigenvalue weighted by atomic mass is 9.14. The Labute approximate surface area is 350 Å². The Kier molecular flexibility index (Phi) is 29.9. The van der Waals surface area contributed by atoms with Crippen LogP contribution in [0.25, 0.3) is 0 Å². The number of unbranched alkanes of at least 4 members (excludes halogenated alkanes) is 21. The summed E-state index contributed by atoms with van der Waals surface area (Å²) in [4.78, 5) is 0. The van der Waals surface area contributed by atoms with Crippen LogP contribution in [0.15, 0.2) is 91.0 Å². The monoisotopic (exact) mass is 766 g/mol. The molecule has 0 spiro atoms. The van der Waals surface area contributed by atoms with Gasteiger partial charge in [0.1, 0.15) is 0 Å². The SMILES string of the molecule is CCCCCCCC[N+](CCCCCCCC)(CCCCCCCC)CCCCCCCC.CCCC[B-](c1ccccc1)(c1ccccc1)c1ccccc1. The third kappa shape index (κ3) is 20.4. The van der Waals surface area contributed by atoms with Gasteiger partial charge in [-0.3, -0.25) is 0 Å². The molecule has 0 heterocycles. The van der Waals surface area contributed by atoms with Crippen LogP contribution in [0.2, 0.25) is 6.32 Å². The van der Waals surface area contributed by atoms with E-state index in [1.54, 1.807) is 0 Å². The van der Waals surface area contributed by atoms with Crippen LogP contribution in [-0.4, -0.2) is 36.8 Å². The van der Waals surface area contributed by atoms with E-state index < -0.39 is 6.15 Å². The molecule has 0 aliphatic heterocycles. The van der Waals surface area contributed by atoms with Crippen molar-refractivity contribution in [3.63, 3.8) is 0 Å². The summed E-state index contributed by atoms with van der Waals surface area (Å²) in [6.07, 6.45) is 37.5. The molecule has 56 heavy (non-hydrogen) atoms. The number of rotatable bonds is 34. The second-order valence-corrected chi connectivity index (χ2v) is 17.7. The highest BCUT2D eigenvalue weighted by molar-refractivity contribution is 7.11. The van der Waals surface area contributed by atoms with Crippen molar-refractivity contribution in [1.29, 1.82) is 0 Å². The summed E-state index contributed by atoms with van der Waals surface area (Å²) < 4.78 is 1.48.